The normalized spacial score (nSPS) is 11.9. The number of hydrogen-bond donors (Lipinski definition) is 3. The summed E-state index contributed by atoms with van der Waals surface area (Å²) in [5, 5.41) is 21.3. The van der Waals surface area contributed by atoms with E-state index in [2.05, 4.69) is 24.0 Å². The lowest BCUT2D eigenvalue weighted by atomic mass is 10.1. The van der Waals surface area contributed by atoms with Crippen molar-refractivity contribution in [2.75, 3.05) is 18.1 Å². The van der Waals surface area contributed by atoms with Gasteiger partial charge in [-0.15, -0.1) is 0 Å². The molecule has 1 heterocycles. The Bertz CT molecular complexity index is 458. The Morgan fingerprint density at radius 2 is 2.05 bits per heavy atom. The van der Waals surface area contributed by atoms with Gasteiger partial charge in [-0.05, 0) is 31.9 Å². The van der Waals surface area contributed by atoms with Gasteiger partial charge in [-0.25, -0.2) is 4.98 Å². The van der Waals surface area contributed by atoms with E-state index < -0.39 is 0 Å². The highest BCUT2D eigenvalue weighted by Gasteiger charge is 2.21. The van der Waals surface area contributed by atoms with Crippen LogP contribution in [0.2, 0.25) is 0 Å². The molecule has 0 bridgehead atoms. The standard InChI is InChI=1S/C14H24N4O2/c1-4-11(5-2)18(8-9-19)14-12(13(15)17-20)7-6-10(3)16-14/h6-7,11,19-20H,4-5,8-9H2,1-3H3,(H2,15,17). The molecule has 1 aromatic rings. The molecule has 112 valence electrons. The quantitative estimate of drug-likeness (QED) is 0.304. The summed E-state index contributed by atoms with van der Waals surface area (Å²) in [5.74, 6) is 0.685. The molecule has 0 spiro atoms. The zero-order chi connectivity index (χ0) is 15.1. The molecule has 0 aliphatic carbocycles. The summed E-state index contributed by atoms with van der Waals surface area (Å²) in [7, 11) is 0. The van der Waals surface area contributed by atoms with Gasteiger partial charge >= 0.3 is 0 Å². The summed E-state index contributed by atoms with van der Waals surface area (Å²) >= 11 is 0. The Morgan fingerprint density at radius 1 is 1.40 bits per heavy atom. The van der Waals surface area contributed by atoms with E-state index in [9.17, 15) is 5.11 Å². The molecule has 0 fully saturated rings. The second-order valence-corrected chi connectivity index (χ2v) is 4.70. The maximum Gasteiger partial charge on any atom is 0.173 e. The minimum absolute atomic E-state index is 0.0291. The number of aliphatic hydroxyl groups excluding tert-OH is 1. The maximum atomic E-state index is 9.31. The first kappa shape index (κ1) is 16.2. The smallest absolute Gasteiger partial charge is 0.173 e. The lowest BCUT2D eigenvalue weighted by molar-refractivity contribution is 0.295. The van der Waals surface area contributed by atoms with Crippen molar-refractivity contribution in [2.24, 2.45) is 10.9 Å². The molecule has 6 heteroatoms. The Labute approximate surface area is 119 Å². The van der Waals surface area contributed by atoms with Crippen molar-refractivity contribution in [2.45, 2.75) is 39.7 Å². The van der Waals surface area contributed by atoms with Crippen LogP contribution in [0.25, 0.3) is 0 Å². The summed E-state index contributed by atoms with van der Waals surface area (Å²) in [6, 6.07) is 3.86. The first-order valence-corrected chi connectivity index (χ1v) is 6.92. The fourth-order valence-corrected chi connectivity index (χ4v) is 2.31. The maximum absolute atomic E-state index is 9.31. The first-order valence-electron chi connectivity index (χ1n) is 6.92. The van der Waals surface area contributed by atoms with E-state index in [1.165, 1.54) is 0 Å². The molecular formula is C14H24N4O2. The molecule has 20 heavy (non-hydrogen) atoms. The fourth-order valence-electron chi connectivity index (χ4n) is 2.31. The van der Waals surface area contributed by atoms with Gasteiger partial charge in [0.1, 0.15) is 5.82 Å². The molecule has 0 atom stereocenters. The molecule has 1 rings (SSSR count). The second kappa shape index (κ2) is 7.69. The minimum atomic E-state index is 0.0291. The minimum Gasteiger partial charge on any atom is -0.409 e. The van der Waals surface area contributed by atoms with E-state index in [1.807, 2.05) is 17.9 Å². The van der Waals surface area contributed by atoms with Crippen molar-refractivity contribution in [3.05, 3.63) is 23.4 Å². The molecule has 0 aliphatic rings. The SMILES string of the molecule is CCC(CC)N(CCO)c1nc(C)ccc1C(N)=NO. The molecule has 0 aromatic carbocycles. The first-order chi connectivity index (χ1) is 9.58. The molecule has 0 amide bonds. The summed E-state index contributed by atoms with van der Waals surface area (Å²) in [4.78, 5) is 6.55. The zero-order valence-corrected chi connectivity index (χ0v) is 12.4. The Morgan fingerprint density at radius 3 is 2.55 bits per heavy atom. The van der Waals surface area contributed by atoms with Gasteiger partial charge in [-0.2, -0.15) is 0 Å². The van der Waals surface area contributed by atoms with Crippen molar-refractivity contribution in [3.63, 3.8) is 0 Å². The molecule has 4 N–H and O–H groups in total. The number of pyridine rings is 1. The highest BCUT2D eigenvalue weighted by Crippen LogP contribution is 2.23. The zero-order valence-electron chi connectivity index (χ0n) is 12.4. The predicted molar refractivity (Wildman–Crippen MR) is 80.3 cm³/mol. The van der Waals surface area contributed by atoms with Crippen molar-refractivity contribution in [1.82, 2.24) is 4.98 Å². The van der Waals surface area contributed by atoms with Gasteiger partial charge in [-0.3, -0.25) is 0 Å². The topological polar surface area (TPSA) is 95.0 Å². The molecule has 0 unspecified atom stereocenters. The van der Waals surface area contributed by atoms with E-state index >= 15 is 0 Å². The van der Waals surface area contributed by atoms with Gasteiger partial charge in [0.25, 0.3) is 0 Å². The van der Waals surface area contributed by atoms with E-state index in [4.69, 9.17) is 10.9 Å². The van der Waals surface area contributed by atoms with Crippen LogP contribution in [0.3, 0.4) is 0 Å². The Balaban J connectivity index is 3.33. The van der Waals surface area contributed by atoms with Crippen LogP contribution >= 0.6 is 0 Å². The highest BCUT2D eigenvalue weighted by molar-refractivity contribution is 6.01. The van der Waals surface area contributed by atoms with Gasteiger partial charge < -0.3 is 20.9 Å². The summed E-state index contributed by atoms with van der Waals surface area (Å²) in [6.45, 7) is 6.58. The predicted octanol–water partition coefficient (Wildman–Crippen LogP) is 1.47. The van der Waals surface area contributed by atoms with Gasteiger partial charge in [0, 0.05) is 18.3 Å². The van der Waals surface area contributed by atoms with Gasteiger partial charge in [0.15, 0.2) is 5.84 Å². The highest BCUT2D eigenvalue weighted by atomic mass is 16.4. The third-order valence-corrected chi connectivity index (χ3v) is 3.39. The monoisotopic (exact) mass is 280 g/mol. The van der Waals surface area contributed by atoms with Crippen molar-refractivity contribution in [1.29, 1.82) is 0 Å². The van der Waals surface area contributed by atoms with Gasteiger partial charge in [0.2, 0.25) is 0 Å². The Kier molecular flexibility index (Phi) is 6.24. The molecule has 1 aromatic heterocycles. The van der Waals surface area contributed by atoms with Crippen LogP contribution in [-0.4, -0.2) is 40.3 Å². The Hall–Kier alpha value is -1.82. The van der Waals surface area contributed by atoms with E-state index in [0.717, 1.165) is 18.5 Å². The molecule has 0 radical (unpaired) electrons. The molecule has 0 saturated heterocycles. The number of anilines is 1. The molecule has 0 saturated carbocycles. The molecule has 6 nitrogen and oxygen atoms in total. The number of oxime groups is 1. The number of rotatable bonds is 7. The number of hydrogen-bond acceptors (Lipinski definition) is 5. The van der Waals surface area contributed by atoms with Crippen LogP contribution in [-0.2, 0) is 0 Å². The number of aliphatic hydroxyl groups is 1. The number of aryl methyl sites for hydroxylation is 1. The van der Waals surface area contributed by atoms with Crippen LogP contribution in [0, 0.1) is 6.92 Å². The molecular weight excluding hydrogens is 256 g/mol. The fraction of sp³-hybridized carbons (Fsp3) is 0.571. The molecule has 0 aliphatic heterocycles. The lowest BCUT2D eigenvalue weighted by Crippen LogP contribution is -2.39. The van der Waals surface area contributed by atoms with E-state index in [-0.39, 0.29) is 18.5 Å². The summed E-state index contributed by atoms with van der Waals surface area (Å²) < 4.78 is 0. The van der Waals surface area contributed by atoms with Crippen LogP contribution in [0.1, 0.15) is 37.9 Å². The van der Waals surface area contributed by atoms with Gasteiger partial charge in [-0.1, -0.05) is 19.0 Å². The van der Waals surface area contributed by atoms with Crippen molar-refractivity contribution < 1.29 is 10.3 Å². The van der Waals surface area contributed by atoms with E-state index in [0.29, 0.717) is 17.9 Å². The van der Waals surface area contributed by atoms with Gasteiger partial charge in [0.05, 0.1) is 12.2 Å². The lowest BCUT2D eigenvalue weighted by Gasteiger charge is -2.32. The number of aromatic nitrogens is 1. The van der Waals surface area contributed by atoms with Crippen molar-refractivity contribution >= 4 is 11.7 Å². The summed E-state index contributed by atoms with van der Waals surface area (Å²) in [6.07, 6.45) is 1.86. The van der Waals surface area contributed by atoms with Crippen LogP contribution < -0.4 is 10.6 Å². The van der Waals surface area contributed by atoms with Crippen LogP contribution in [0.5, 0.6) is 0 Å². The third-order valence-electron chi connectivity index (χ3n) is 3.39. The number of nitrogens with zero attached hydrogens (tertiary/aromatic N) is 3. The third kappa shape index (κ3) is 3.60. The van der Waals surface area contributed by atoms with Crippen LogP contribution in [0.15, 0.2) is 17.3 Å². The number of nitrogens with two attached hydrogens (primary N) is 1. The number of amidine groups is 1. The summed E-state index contributed by atoms with van der Waals surface area (Å²) in [5.41, 5.74) is 7.17. The van der Waals surface area contributed by atoms with E-state index in [1.54, 1.807) is 6.07 Å². The van der Waals surface area contributed by atoms with Crippen LogP contribution in [0.4, 0.5) is 5.82 Å². The average molecular weight is 280 g/mol. The average Bonchev–Trinajstić information content (AvgIpc) is 2.46. The largest absolute Gasteiger partial charge is 0.409 e. The second-order valence-electron chi connectivity index (χ2n) is 4.70. The van der Waals surface area contributed by atoms with Crippen molar-refractivity contribution in [3.8, 4) is 0 Å².